The van der Waals surface area contributed by atoms with Crippen LogP contribution in [0.1, 0.15) is 12.5 Å². The first-order valence-electron chi connectivity index (χ1n) is 5.73. The van der Waals surface area contributed by atoms with Crippen LogP contribution in [-0.2, 0) is 20.0 Å². The minimum absolute atomic E-state index is 0.0565. The van der Waals surface area contributed by atoms with Gasteiger partial charge in [-0.2, -0.15) is 0 Å². The average Bonchev–Trinajstić information content (AvgIpc) is 2.34. The number of nitrogens with two attached hydrogens (primary N) is 1. The monoisotopic (exact) mass is 322 g/mol. The van der Waals surface area contributed by atoms with E-state index in [2.05, 4.69) is 15.0 Å². The molecule has 1 heterocycles. The Labute approximate surface area is 118 Å². The van der Waals surface area contributed by atoms with Crippen molar-refractivity contribution in [2.45, 2.75) is 24.0 Å². The standard InChI is InChI=1S/C10H18N4O4S2/c1-7-4-10(14-6-9(7)19(11,15)16)13-5-8(2)20(17,18)12-3/h4,6,8,12H,5H2,1-3H3,(H,13,14)(H2,11,15,16)/t8-/m1/s1. The zero-order chi connectivity index (χ0) is 15.6. The van der Waals surface area contributed by atoms with Crippen LogP contribution in [0, 0.1) is 6.92 Å². The van der Waals surface area contributed by atoms with Gasteiger partial charge >= 0.3 is 0 Å². The largest absolute Gasteiger partial charge is 0.369 e. The summed E-state index contributed by atoms with van der Waals surface area (Å²) in [5.41, 5.74) is 0.439. The van der Waals surface area contributed by atoms with Crippen molar-refractivity contribution in [3.8, 4) is 0 Å². The molecule has 1 aromatic heterocycles. The summed E-state index contributed by atoms with van der Waals surface area (Å²) >= 11 is 0. The van der Waals surface area contributed by atoms with Gasteiger partial charge < -0.3 is 5.32 Å². The number of primary sulfonamides is 1. The number of aromatic nitrogens is 1. The Morgan fingerprint density at radius 2 is 1.95 bits per heavy atom. The molecule has 4 N–H and O–H groups in total. The Bertz CT molecular complexity index is 685. The lowest BCUT2D eigenvalue weighted by Crippen LogP contribution is -2.34. The second-order valence-electron chi connectivity index (χ2n) is 4.32. The molecule has 10 heteroatoms. The highest BCUT2D eigenvalue weighted by Crippen LogP contribution is 2.15. The predicted molar refractivity (Wildman–Crippen MR) is 76.3 cm³/mol. The molecule has 1 rings (SSSR count). The van der Waals surface area contributed by atoms with Gasteiger partial charge in [-0.3, -0.25) is 0 Å². The van der Waals surface area contributed by atoms with Crippen LogP contribution in [0.15, 0.2) is 17.2 Å². The van der Waals surface area contributed by atoms with Crippen LogP contribution < -0.4 is 15.2 Å². The van der Waals surface area contributed by atoms with E-state index < -0.39 is 25.3 Å². The second-order valence-corrected chi connectivity index (χ2v) is 8.15. The molecule has 1 atom stereocenters. The number of nitrogens with zero attached hydrogens (tertiary/aromatic N) is 1. The molecular formula is C10H18N4O4S2. The van der Waals surface area contributed by atoms with Crippen molar-refractivity contribution in [2.24, 2.45) is 5.14 Å². The number of sulfonamides is 2. The van der Waals surface area contributed by atoms with Gasteiger partial charge in [-0.15, -0.1) is 0 Å². The van der Waals surface area contributed by atoms with Crippen molar-refractivity contribution in [3.05, 3.63) is 17.8 Å². The van der Waals surface area contributed by atoms with Gasteiger partial charge in [0.2, 0.25) is 20.0 Å². The maximum absolute atomic E-state index is 11.5. The van der Waals surface area contributed by atoms with E-state index in [-0.39, 0.29) is 11.4 Å². The van der Waals surface area contributed by atoms with Gasteiger partial charge in [-0.05, 0) is 32.5 Å². The number of hydrogen-bond donors (Lipinski definition) is 3. The fourth-order valence-electron chi connectivity index (χ4n) is 1.50. The number of pyridine rings is 1. The minimum Gasteiger partial charge on any atom is -0.369 e. The molecule has 0 saturated heterocycles. The van der Waals surface area contributed by atoms with E-state index in [1.807, 2.05) is 0 Å². The summed E-state index contributed by atoms with van der Waals surface area (Å²) in [7, 11) is -5.83. The molecule has 114 valence electrons. The first-order chi connectivity index (χ1) is 9.08. The lowest BCUT2D eigenvalue weighted by molar-refractivity contribution is 0.577. The summed E-state index contributed by atoms with van der Waals surface area (Å²) in [6, 6.07) is 1.50. The van der Waals surface area contributed by atoms with Gasteiger partial charge in [0.15, 0.2) is 0 Å². The Kier molecular flexibility index (Phi) is 5.08. The van der Waals surface area contributed by atoms with Crippen LogP contribution in [0.4, 0.5) is 5.82 Å². The third kappa shape index (κ3) is 4.13. The van der Waals surface area contributed by atoms with Crippen molar-refractivity contribution >= 4 is 25.9 Å². The Morgan fingerprint density at radius 3 is 2.40 bits per heavy atom. The number of rotatable bonds is 6. The molecule has 20 heavy (non-hydrogen) atoms. The topological polar surface area (TPSA) is 131 Å². The van der Waals surface area contributed by atoms with Gasteiger partial charge in [0.1, 0.15) is 10.7 Å². The molecule has 0 aliphatic carbocycles. The molecule has 8 nitrogen and oxygen atoms in total. The fraction of sp³-hybridized carbons (Fsp3) is 0.500. The number of hydrogen-bond acceptors (Lipinski definition) is 6. The van der Waals surface area contributed by atoms with Crippen LogP contribution in [0.3, 0.4) is 0 Å². The van der Waals surface area contributed by atoms with Crippen molar-refractivity contribution < 1.29 is 16.8 Å². The number of aryl methyl sites for hydroxylation is 1. The third-order valence-corrected chi connectivity index (χ3v) is 5.59. The quantitative estimate of drug-likeness (QED) is 0.640. The molecule has 0 bridgehead atoms. The van der Waals surface area contributed by atoms with E-state index in [9.17, 15) is 16.8 Å². The Hall–Kier alpha value is -1.23. The molecule has 0 aliphatic heterocycles. The van der Waals surface area contributed by atoms with E-state index >= 15 is 0 Å². The van der Waals surface area contributed by atoms with Gasteiger partial charge in [-0.1, -0.05) is 0 Å². The zero-order valence-corrected chi connectivity index (χ0v) is 13.0. The molecule has 1 aromatic rings. The Morgan fingerprint density at radius 1 is 1.35 bits per heavy atom. The molecule has 0 aromatic carbocycles. The van der Waals surface area contributed by atoms with Gasteiger partial charge in [0, 0.05) is 12.7 Å². The zero-order valence-electron chi connectivity index (χ0n) is 11.4. The maximum Gasteiger partial charge on any atom is 0.239 e. The molecule has 0 unspecified atom stereocenters. The summed E-state index contributed by atoms with van der Waals surface area (Å²) in [6.07, 6.45) is 1.14. The van der Waals surface area contributed by atoms with Crippen LogP contribution in [-0.4, -0.2) is 40.7 Å². The first-order valence-corrected chi connectivity index (χ1v) is 8.83. The van der Waals surface area contributed by atoms with Crippen LogP contribution in [0.25, 0.3) is 0 Å². The molecule has 0 aliphatic rings. The molecule has 0 radical (unpaired) electrons. The maximum atomic E-state index is 11.5. The number of anilines is 1. The van der Waals surface area contributed by atoms with Crippen LogP contribution >= 0.6 is 0 Å². The van der Waals surface area contributed by atoms with Crippen molar-refractivity contribution in [1.82, 2.24) is 9.71 Å². The normalized spacial score (nSPS) is 14.0. The summed E-state index contributed by atoms with van der Waals surface area (Å²) in [4.78, 5) is 3.84. The van der Waals surface area contributed by atoms with Gasteiger partial charge in [-0.25, -0.2) is 31.7 Å². The van der Waals surface area contributed by atoms with Gasteiger partial charge in [0.05, 0.1) is 5.25 Å². The molecule has 0 amide bonds. The molecule has 0 spiro atoms. The third-order valence-electron chi connectivity index (χ3n) is 2.75. The SMILES string of the molecule is CNS(=O)(=O)[C@H](C)CNc1cc(C)c(S(N)(=O)=O)cn1. The molecule has 0 fully saturated rings. The highest BCUT2D eigenvalue weighted by atomic mass is 32.2. The second kappa shape index (κ2) is 6.04. The van der Waals surface area contributed by atoms with E-state index in [0.29, 0.717) is 11.4 Å². The van der Waals surface area contributed by atoms with Crippen molar-refractivity contribution in [1.29, 1.82) is 0 Å². The lowest BCUT2D eigenvalue weighted by Gasteiger charge is -2.14. The summed E-state index contributed by atoms with van der Waals surface area (Å²) < 4.78 is 47.7. The Balaban J connectivity index is 2.84. The highest BCUT2D eigenvalue weighted by Gasteiger charge is 2.18. The van der Waals surface area contributed by atoms with Gasteiger partial charge in [0.25, 0.3) is 0 Å². The van der Waals surface area contributed by atoms with E-state index in [1.165, 1.54) is 13.1 Å². The lowest BCUT2D eigenvalue weighted by atomic mass is 10.3. The van der Waals surface area contributed by atoms with Crippen molar-refractivity contribution in [3.63, 3.8) is 0 Å². The summed E-state index contributed by atoms with van der Waals surface area (Å²) in [6.45, 7) is 3.27. The summed E-state index contributed by atoms with van der Waals surface area (Å²) in [5.74, 6) is 0.382. The smallest absolute Gasteiger partial charge is 0.239 e. The molecular weight excluding hydrogens is 304 g/mol. The predicted octanol–water partition coefficient (Wildman–Crippen LogP) is -0.613. The van der Waals surface area contributed by atoms with E-state index in [1.54, 1.807) is 13.8 Å². The average molecular weight is 322 g/mol. The highest BCUT2D eigenvalue weighted by molar-refractivity contribution is 7.90. The van der Waals surface area contributed by atoms with Crippen LogP contribution in [0.2, 0.25) is 0 Å². The number of nitrogens with one attached hydrogen (secondary N) is 2. The van der Waals surface area contributed by atoms with E-state index in [0.717, 1.165) is 6.20 Å². The van der Waals surface area contributed by atoms with E-state index in [4.69, 9.17) is 5.14 Å². The first kappa shape index (κ1) is 16.8. The minimum atomic E-state index is -3.80. The fourth-order valence-corrected chi connectivity index (χ4v) is 2.91. The van der Waals surface area contributed by atoms with Crippen LogP contribution in [0.5, 0.6) is 0 Å². The summed E-state index contributed by atoms with van der Waals surface area (Å²) in [5, 5.41) is 7.21. The van der Waals surface area contributed by atoms with Crippen molar-refractivity contribution in [2.75, 3.05) is 18.9 Å². The molecule has 0 saturated carbocycles.